The van der Waals surface area contributed by atoms with E-state index < -0.39 is 0 Å². The molecule has 2 rings (SSSR count). The Kier molecular flexibility index (Phi) is 4.79. The Bertz CT molecular complexity index is 613. The van der Waals surface area contributed by atoms with Crippen LogP contribution in [-0.2, 0) is 5.41 Å². The average Bonchev–Trinajstić information content (AvgIpc) is 2.54. The van der Waals surface area contributed by atoms with Gasteiger partial charge in [0, 0.05) is 17.3 Å². The van der Waals surface area contributed by atoms with Crippen molar-refractivity contribution in [3.8, 4) is 5.75 Å². The Balaban J connectivity index is 2.37. The van der Waals surface area contributed by atoms with Crippen LogP contribution in [0.3, 0.4) is 0 Å². The molecule has 0 bridgehead atoms. The molecular weight excluding hydrogens is 258 g/mol. The number of para-hydroxylation sites is 2. The standard InChI is InChI=1S/C19H23NO/c1-4-19(3,5-2)17-13-9-10-15(18(17)21)14-20-16-11-7-6-8-12-16/h6-14,21H,4-5H2,1-3H3. The second-order valence-corrected chi connectivity index (χ2v) is 5.60. The zero-order chi connectivity index (χ0) is 15.3. The Labute approximate surface area is 127 Å². The molecule has 0 fully saturated rings. The van der Waals surface area contributed by atoms with Crippen LogP contribution >= 0.6 is 0 Å². The molecule has 0 unspecified atom stereocenters. The van der Waals surface area contributed by atoms with Crippen molar-refractivity contribution >= 4 is 11.9 Å². The molecule has 0 aliphatic heterocycles. The monoisotopic (exact) mass is 281 g/mol. The van der Waals surface area contributed by atoms with E-state index in [9.17, 15) is 5.11 Å². The summed E-state index contributed by atoms with van der Waals surface area (Å²) in [5.41, 5.74) is 2.66. The van der Waals surface area contributed by atoms with E-state index in [0.29, 0.717) is 5.75 Å². The van der Waals surface area contributed by atoms with Crippen LogP contribution in [0.2, 0.25) is 0 Å². The predicted octanol–water partition coefficient (Wildman–Crippen LogP) is 5.22. The topological polar surface area (TPSA) is 32.6 Å². The summed E-state index contributed by atoms with van der Waals surface area (Å²) in [6, 6.07) is 15.7. The molecule has 0 radical (unpaired) electrons. The van der Waals surface area contributed by atoms with Gasteiger partial charge >= 0.3 is 0 Å². The second-order valence-electron chi connectivity index (χ2n) is 5.60. The fourth-order valence-electron chi connectivity index (χ4n) is 2.44. The van der Waals surface area contributed by atoms with E-state index in [1.807, 2.05) is 48.5 Å². The smallest absolute Gasteiger partial charge is 0.128 e. The maximum absolute atomic E-state index is 10.6. The van der Waals surface area contributed by atoms with E-state index >= 15 is 0 Å². The maximum Gasteiger partial charge on any atom is 0.128 e. The van der Waals surface area contributed by atoms with E-state index in [1.54, 1.807) is 6.21 Å². The summed E-state index contributed by atoms with van der Waals surface area (Å²) < 4.78 is 0. The van der Waals surface area contributed by atoms with Crippen molar-refractivity contribution in [1.29, 1.82) is 0 Å². The number of aliphatic imine (C=N–C) groups is 1. The maximum atomic E-state index is 10.6. The van der Waals surface area contributed by atoms with Gasteiger partial charge in [-0.2, -0.15) is 0 Å². The van der Waals surface area contributed by atoms with E-state index in [0.717, 1.165) is 29.7 Å². The Morgan fingerprint density at radius 2 is 1.67 bits per heavy atom. The first kappa shape index (κ1) is 15.3. The summed E-state index contributed by atoms with van der Waals surface area (Å²) in [6.07, 6.45) is 3.73. The first-order chi connectivity index (χ1) is 10.1. The molecule has 0 spiro atoms. The minimum atomic E-state index is 0.000675. The molecule has 0 saturated carbocycles. The van der Waals surface area contributed by atoms with E-state index in [2.05, 4.69) is 25.8 Å². The van der Waals surface area contributed by atoms with Crippen molar-refractivity contribution in [1.82, 2.24) is 0 Å². The lowest BCUT2D eigenvalue weighted by Gasteiger charge is -2.28. The highest BCUT2D eigenvalue weighted by Crippen LogP contribution is 2.37. The number of phenolic OH excluding ortho intramolecular Hbond substituents is 1. The van der Waals surface area contributed by atoms with Gasteiger partial charge in [-0.3, -0.25) is 4.99 Å². The summed E-state index contributed by atoms with van der Waals surface area (Å²) in [5.74, 6) is 0.350. The minimum Gasteiger partial charge on any atom is -0.507 e. The number of hydrogen-bond acceptors (Lipinski definition) is 2. The van der Waals surface area contributed by atoms with Crippen molar-refractivity contribution in [3.05, 3.63) is 59.7 Å². The molecule has 110 valence electrons. The van der Waals surface area contributed by atoms with Gasteiger partial charge in [-0.05, 0) is 36.5 Å². The number of benzene rings is 2. The highest BCUT2D eigenvalue weighted by atomic mass is 16.3. The molecule has 0 aromatic heterocycles. The van der Waals surface area contributed by atoms with Crippen LogP contribution in [0.1, 0.15) is 44.7 Å². The fourth-order valence-corrected chi connectivity index (χ4v) is 2.44. The van der Waals surface area contributed by atoms with Gasteiger partial charge in [0.25, 0.3) is 0 Å². The molecule has 2 aromatic carbocycles. The zero-order valence-electron chi connectivity index (χ0n) is 13.0. The van der Waals surface area contributed by atoms with Crippen LogP contribution in [0.25, 0.3) is 0 Å². The summed E-state index contributed by atoms with van der Waals surface area (Å²) in [7, 11) is 0. The molecule has 0 saturated heterocycles. The first-order valence-electron chi connectivity index (χ1n) is 7.52. The van der Waals surface area contributed by atoms with Gasteiger partial charge in [-0.15, -0.1) is 0 Å². The van der Waals surface area contributed by atoms with Gasteiger partial charge in [0.15, 0.2) is 0 Å². The molecular formula is C19H23NO. The molecule has 21 heavy (non-hydrogen) atoms. The lowest BCUT2D eigenvalue weighted by Crippen LogP contribution is -2.20. The van der Waals surface area contributed by atoms with Crippen molar-refractivity contribution in [2.24, 2.45) is 4.99 Å². The second kappa shape index (κ2) is 6.57. The number of rotatable bonds is 5. The molecule has 0 heterocycles. The molecule has 0 atom stereocenters. The number of hydrogen-bond donors (Lipinski definition) is 1. The van der Waals surface area contributed by atoms with Crippen LogP contribution in [-0.4, -0.2) is 11.3 Å². The lowest BCUT2D eigenvalue weighted by molar-refractivity contribution is 0.397. The Hall–Kier alpha value is -2.09. The lowest BCUT2D eigenvalue weighted by atomic mass is 9.77. The van der Waals surface area contributed by atoms with Crippen molar-refractivity contribution in [2.45, 2.75) is 39.0 Å². The SMILES string of the molecule is CCC(C)(CC)c1cccc(C=Nc2ccccc2)c1O. The molecule has 0 aliphatic rings. The van der Waals surface area contributed by atoms with Crippen LogP contribution in [0, 0.1) is 0 Å². The fraction of sp³-hybridized carbons (Fsp3) is 0.316. The van der Waals surface area contributed by atoms with E-state index in [4.69, 9.17) is 0 Å². The molecule has 1 N–H and O–H groups in total. The van der Waals surface area contributed by atoms with Crippen molar-refractivity contribution < 1.29 is 5.11 Å². The van der Waals surface area contributed by atoms with Crippen molar-refractivity contribution in [2.75, 3.05) is 0 Å². The molecule has 2 heteroatoms. The Morgan fingerprint density at radius 3 is 2.29 bits per heavy atom. The summed E-state index contributed by atoms with van der Waals surface area (Å²) in [5, 5.41) is 10.6. The zero-order valence-corrected chi connectivity index (χ0v) is 13.0. The van der Waals surface area contributed by atoms with Gasteiger partial charge in [0.1, 0.15) is 5.75 Å². The van der Waals surface area contributed by atoms with Gasteiger partial charge < -0.3 is 5.11 Å². The van der Waals surface area contributed by atoms with Gasteiger partial charge in [-0.1, -0.05) is 51.1 Å². The largest absolute Gasteiger partial charge is 0.507 e. The predicted molar refractivity (Wildman–Crippen MR) is 89.7 cm³/mol. The highest BCUT2D eigenvalue weighted by molar-refractivity contribution is 5.86. The van der Waals surface area contributed by atoms with Gasteiger partial charge in [-0.25, -0.2) is 0 Å². The van der Waals surface area contributed by atoms with Crippen LogP contribution in [0.4, 0.5) is 5.69 Å². The summed E-state index contributed by atoms with van der Waals surface area (Å²) >= 11 is 0. The molecule has 2 nitrogen and oxygen atoms in total. The number of nitrogens with zero attached hydrogens (tertiary/aromatic N) is 1. The molecule has 0 amide bonds. The van der Waals surface area contributed by atoms with Crippen LogP contribution in [0.5, 0.6) is 5.75 Å². The van der Waals surface area contributed by atoms with E-state index in [-0.39, 0.29) is 5.41 Å². The summed E-state index contributed by atoms with van der Waals surface area (Å²) in [4.78, 5) is 4.43. The third-order valence-corrected chi connectivity index (χ3v) is 4.39. The third kappa shape index (κ3) is 3.33. The number of phenols is 1. The average molecular weight is 281 g/mol. The van der Waals surface area contributed by atoms with Crippen LogP contribution < -0.4 is 0 Å². The summed E-state index contributed by atoms with van der Waals surface area (Å²) in [6.45, 7) is 6.52. The first-order valence-corrected chi connectivity index (χ1v) is 7.52. The van der Waals surface area contributed by atoms with Crippen LogP contribution in [0.15, 0.2) is 53.5 Å². The third-order valence-electron chi connectivity index (χ3n) is 4.39. The van der Waals surface area contributed by atoms with E-state index in [1.165, 1.54) is 0 Å². The Morgan fingerprint density at radius 1 is 1.00 bits per heavy atom. The highest BCUT2D eigenvalue weighted by Gasteiger charge is 2.26. The minimum absolute atomic E-state index is 0.000675. The van der Waals surface area contributed by atoms with Gasteiger partial charge in [0.2, 0.25) is 0 Å². The number of aromatic hydroxyl groups is 1. The molecule has 2 aromatic rings. The normalized spacial score (nSPS) is 12.0. The van der Waals surface area contributed by atoms with Crippen molar-refractivity contribution in [3.63, 3.8) is 0 Å². The molecule has 0 aliphatic carbocycles. The van der Waals surface area contributed by atoms with Gasteiger partial charge in [0.05, 0.1) is 5.69 Å². The quantitative estimate of drug-likeness (QED) is 0.749.